The van der Waals surface area contributed by atoms with Gasteiger partial charge in [-0.3, -0.25) is 14.9 Å². The Morgan fingerprint density at radius 2 is 2.11 bits per heavy atom. The molecule has 0 fully saturated rings. The Labute approximate surface area is 108 Å². The summed E-state index contributed by atoms with van der Waals surface area (Å²) in [6.45, 7) is 0.650. The van der Waals surface area contributed by atoms with Crippen molar-refractivity contribution in [2.75, 3.05) is 27.2 Å². The molecule has 1 amide bonds. The topological polar surface area (TPSA) is 75.5 Å². The van der Waals surface area contributed by atoms with Gasteiger partial charge in [-0.2, -0.15) is 4.39 Å². The van der Waals surface area contributed by atoms with Crippen molar-refractivity contribution in [2.24, 2.45) is 0 Å². The molecule has 0 spiro atoms. The fraction of sp³-hybridized carbons (Fsp3) is 0.364. The van der Waals surface area contributed by atoms with E-state index in [4.69, 9.17) is 0 Å². The van der Waals surface area contributed by atoms with E-state index in [-0.39, 0.29) is 6.54 Å². The summed E-state index contributed by atoms with van der Waals surface area (Å²) in [5, 5.41) is 13.3. The molecular formula is C11H13F2N3O3. The van der Waals surface area contributed by atoms with Gasteiger partial charge in [0, 0.05) is 26.2 Å². The van der Waals surface area contributed by atoms with Crippen LogP contribution in [0.5, 0.6) is 0 Å². The molecule has 0 aromatic heterocycles. The average Bonchev–Trinajstić information content (AvgIpc) is 2.35. The maximum Gasteiger partial charge on any atom is 0.305 e. The lowest BCUT2D eigenvalue weighted by Gasteiger charge is -2.17. The zero-order valence-electron chi connectivity index (χ0n) is 10.4. The second-order valence-electron chi connectivity index (χ2n) is 3.84. The quantitative estimate of drug-likeness (QED) is 0.645. The van der Waals surface area contributed by atoms with Crippen LogP contribution in [-0.2, 0) is 0 Å². The number of nitrogens with zero attached hydrogens (tertiary/aromatic N) is 2. The first-order valence-corrected chi connectivity index (χ1v) is 5.42. The summed E-state index contributed by atoms with van der Waals surface area (Å²) >= 11 is 0. The molecule has 0 bridgehead atoms. The number of nitro groups is 1. The minimum atomic E-state index is -1.45. The van der Waals surface area contributed by atoms with Gasteiger partial charge in [0.1, 0.15) is 11.4 Å². The van der Waals surface area contributed by atoms with Crippen LogP contribution in [0, 0.1) is 21.7 Å². The molecule has 19 heavy (non-hydrogen) atoms. The highest BCUT2D eigenvalue weighted by Crippen LogP contribution is 2.23. The van der Waals surface area contributed by atoms with Gasteiger partial charge in [-0.25, -0.2) is 4.39 Å². The van der Waals surface area contributed by atoms with Crippen molar-refractivity contribution in [1.29, 1.82) is 0 Å². The molecule has 1 N–H and O–H groups in total. The Hall–Kier alpha value is -2.09. The third kappa shape index (κ3) is 3.22. The number of amides is 1. The largest absolute Gasteiger partial charge is 0.340 e. The van der Waals surface area contributed by atoms with E-state index in [9.17, 15) is 23.7 Å². The van der Waals surface area contributed by atoms with E-state index in [1.807, 2.05) is 0 Å². The van der Waals surface area contributed by atoms with Crippen molar-refractivity contribution < 1.29 is 18.5 Å². The normalized spacial score (nSPS) is 10.3. The Morgan fingerprint density at radius 3 is 2.63 bits per heavy atom. The van der Waals surface area contributed by atoms with E-state index < -0.39 is 33.7 Å². The van der Waals surface area contributed by atoms with Gasteiger partial charge in [-0.15, -0.1) is 0 Å². The molecule has 8 heteroatoms. The van der Waals surface area contributed by atoms with Gasteiger partial charge in [0.05, 0.1) is 4.92 Å². The highest BCUT2D eigenvalue weighted by Gasteiger charge is 2.27. The molecule has 0 aliphatic heterocycles. The average molecular weight is 273 g/mol. The number of nitro benzene ring substituents is 1. The SMILES string of the molecule is CNCCN(C)C(=O)c1c(F)ccc([N+](=O)[O-])c1F. The first-order valence-electron chi connectivity index (χ1n) is 5.42. The summed E-state index contributed by atoms with van der Waals surface area (Å²) in [5.74, 6) is -3.51. The molecule has 6 nitrogen and oxygen atoms in total. The first kappa shape index (κ1) is 15.0. The van der Waals surface area contributed by atoms with Gasteiger partial charge in [-0.05, 0) is 13.1 Å². The Morgan fingerprint density at radius 1 is 1.47 bits per heavy atom. The number of carbonyl (C=O) groups excluding carboxylic acids is 1. The minimum Gasteiger partial charge on any atom is -0.340 e. The summed E-state index contributed by atoms with van der Waals surface area (Å²) in [7, 11) is 3.02. The van der Waals surface area contributed by atoms with Crippen molar-refractivity contribution in [2.45, 2.75) is 0 Å². The van der Waals surface area contributed by atoms with E-state index >= 15 is 0 Å². The molecule has 104 valence electrons. The van der Waals surface area contributed by atoms with E-state index in [1.54, 1.807) is 7.05 Å². The first-order chi connectivity index (χ1) is 8.90. The third-order valence-corrected chi connectivity index (χ3v) is 2.53. The second-order valence-corrected chi connectivity index (χ2v) is 3.84. The van der Waals surface area contributed by atoms with Crippen LogP contribution < -0.4 is 5.32 Å². The van der Waals surface area contributed by atoms with E-state index in [2.05, 4.69) is 5.32 Å². The van der Waals surface area contributed by atoms with Crippen LogP contribution in [0.1, 0.15) is 10.4 Å². The predicted octanol–water partition coefficient (Wildman–Crippen LogP) is 1.16. The van der Waals surface area contributed by atoms with Crippen LogP contribution in [-0.4, -0.2) is 42.9 Å². The lowest BCUT2D eigenvalue weighted by molar-refractivity contribution is -0.387. The molecule has 0 radical (unpaired) electrons. The maximum absolute atomic E-state index is 13.8. The summed E-state index contributed by atoms with van der Waals surface area (Å²) in [6, 6.07) is 1.40. The van der Waals surface area contributed by atoms with Crippen LogP contribution in [0.25, 0.3) is 0 Å². The number of likely N-dealkylation sites (N-methyl/N-ethyl adjacent to an activating group) is 2. The van der Waals surface area contributed by atoms with E-state index in [1.165, 1.54) is 7.05 Å². The standard InChI is InChI=1S/C11H13F2N3O3/c1-14-5-6-15(2)11(17)9-7(12)3-4-8(10(9)13)16(18)19/h3-4,14H,5-6H2,1-2H3. The van der Waals surface area contributed by atoms with Crippen LogP contribution in [0.2, 0.25) is 0 Å². The monoisotopic (exact) mass is 273 g/mol. The number of benzene rings is 1. The molecule has 0 saturated carbocycles. The number of carbonyl (C=O) groups is 1. The number of nitrogens with one attached hydrogen (secondary N) is 1. The van der Waals surface area contributed by atoms with Gasteiger partial charge in [0.15, 0.2) is 0 Å². The van der Waals surface area contributed by atoms with Gasteiger partial charge < -0.3 is 10.2 Å². The molecule has 0 unspecified atom stereocenters. The van der Waals surface area contributed by atoms with Gasteiger partial charge in [0.25, 0.3) is 5.91 Å². The lowest BCUT2D eigenvalue weighted by Crippen LogP contribution is -2.34. The Balaban J connectivity index is 3.15. The fourth-order valence-electron chi connectivity index (χ4n) is 1.45. The van der Waals surface area contributed by atoms with Gasteiger partial charge in [-0.1, -0.05) is 0 Å². The molecule has 0 aliphatic carbocycles. The zero-order valence-corrected chi connectivity index (χ0v) is 10.4. The van der Waals surface area contributed by atoms with Crippen molar-refractivity contribution >= 4 is 11.6 Å². The smallest absolute Gasteiger partial charge is 0.305 e. The molecule has 1 aromatic carbocycles. The van der Waals surface area contributed by atoms with E-state index in [0.717, 1.165) is 4.90 Å². The molecule has 1 rings (SSSR count). The Kier molecular flexibility index (Phi) is 4.87. The fourth-order valence-corrected chi connectivity index (χ4v) is 1.45. The molecule has 1 aromatic rings. The molecule has 0 atom stereocenters. The molecule has 0 saturated heterocycles. The molecular weight excluding hydrogens is 260 g/mol. The third-order valence-electron chi connectivity index (χ3n) is 2.53. The number of hydrogen-bond donors (Lipinski definition) is 1. The van der Waals surface area contributed by atoms with Crippen molar-refractivity contribution in [3.05, 3.63) is 39.4 Å². The van der Waals surface area contributed by atoms with Crippen LogP contribution in [0.3, 0.4) is 0 Å². The van der Waals surface area contributed by atoms with Gasteiger partial charge in [0.2, 0.25) is 5.82 Å². The Bertz CT molecular complexity index is 508. The van der Waals surface area contributed by atoms with Crippen LogP contribution >= 0.6 is 0 Å². The van der Waals surface area contributed by atoms with Crippen molar-refractivity contribution in [3.63, 3.8) is 0 Å². The van der Waals surface area contributed by atoms with Gasteiger partial charge >= 0.3 is 5.69 Å². The van der Waals surface area contributed by atoms with E-state index in [0.29, 0.717) is 18.7 Å². The second kappa shape index (κ2) is 6.19. The number of halogens is 2. The lowest BCUT2D eigenvalue weighted by atomic mass is 10.1. The summed E-state index contributed by atoms with van der Waals surface area (Å²) in [5.41, 5.74) is -1.83. The zero-order chi connectivity index (χ0) is 14.6. The highest BCUT2D eigenvalue weighted by molar-refractivity contribution is 5.95. The van der Waals surface area contributed by atoms with Crippen LogP contribution in [0.4, 0.5) is 14.5 Å². The molecule has 0 heterocycles. The predicted molar refractivity (Wildman–Crippen MR) is 63.9 cm³/mol. The summed E-state index contributed by atoms with van der Waals surface area (Å²) in [6.07, 6.45) is 0. The number of rotatable bonds is 5. The maximum atomic E-state index is 13.8. The summed E-state index contributed by atoms with van der Waals surface area (Å²) in [4.78, 5) is 22.5. The molecule has 0 aliphatic rings. The summed E-state index contributed by atoms with van der Waals surface area (Å²) < 4.78 is 27.3. The highest BCUT2D eigenvalue weighted by atomic mass is 19.1. The van der Waals surface area contributed by atoms with Crippen molar-refractivity contribution in [1.82, 2.24) is 10.2 Å². The van der Waals surface area contributed by atoms with Crippen molar-refractivity contribution in [3.8, 4) is 0 Å². The number of hydrogen-bond acceptors (Lipinski definition) is 4. The minimum absolute atomic E-state index is 0.219. The van der Waals surface area contributed by atoms with Crippen LogP contribution in [0.15, 0.2) is 12.1 Å².